The second kappa shape index (κ2) is 6.83. The summed E-state index contributed by atoms with van der Waals surface area (Å²) in [6.07, 6.45) is 1.75. The molecule has 3 rings (SSSR count). The van der Waals surface area contributed by atoms with Gasteiger partial charge in [-0.2, -0.15) is 5.10 Å². The predicted molar refractivity (Wildman–Crippen MR) is 88.9 cm³/mol. The minimum atomic E-state index is -0.0976. The van der Waals surface area contributed by atoms with Crippen molar-refractivity contribution in [1.82, 2.24) is 14.7 Å². The van der Waals surface area contributed by atoms with Gasteiger partial charge in [-0.05, 0) is 31.0 Å². The molecule has 2 heterocycles. The maximum absolute atomic E-state index is 12.6. The molecule has 1 N–H and O–H groups in total. The first-order valence-electron chi connectivity index (χ1n) is 7.89. The normalized spacial score (nSPS) is 18.5. The Balaban J connectivity index is 1.80. The van der Waals surface area contributed by atoms with Crippen molar-refractivity contribution in [1.29, 1.82) is 0 Å². The summed E-state index contributed by atoms with van der Waals surface area (Å²) in [5, 5.41) is 7.34. The van der Waals surface area contributed by atoms with E-state index in [0.717, 1.165) is 17.1 Å². The number of carbonyl (C=O) groups excluding carboxylic acids is 1. The van der Waals surface area contributed by atoms with Crippen LogP contribution in [0.4, 0.5) is 10.5 Å². The van der Waals surface area contributed by atoms with Crippen LogP contribution in [0, 0.1) is 12.8 Å². The van der Waals surface area contributed by atoms with Gasteiger partial charge in [-0.15, -0.1) is 0 Å². The number of benzene rings is 1. The number of para-hydroxylation sites is 2. The number of anilines is 1. The smallest absolute Gasteiger partial charge is 0.321 e. The number of ether oxygens (including phenoxy) is 1. The minimum absolute atomic E-state index is 0.0976. The average molecular weight is 314 g/mol. The average Bonchev–Trinajstić information content (AvgIpc) is 2.84. The molecule has 1 unspecified atom stereocenters. The van der Waals surface area contributed by atoms with Gasteiger partial charge in [-0.25, -0.2) is 9.48 Å². The molecule has 2 amide bonds. The Morgan fingerprint density at radius 1 is 1.35 bits per heavy atom. The number of aryl methyl sites for hydroxylation is 1. The zero-order chi connectivity index (χ0) is 16.2. The maximum atomic E-state index is 12.6. The monoisotopic (exact) mass is 314 g/mol. The second-order valence-corrected chi connectivity index (χ2v) is 5.96. The Morgan fingerprint density at radius 2 is 2.17 bits per heavy atom. The first kappa shape index (κ1) is 15.6. The molecule has 6 nitrogen and oxygen atoms in total. The Labute approximate surface area is 136 Å². The number of rotatable bonds is 2. The molecule has 1 fully saturated rings. The molecule has 1 atom stereocenters. The molecule has 122 valence electrons. The van der Waals surface area contributed by atoms with Crippen LogP contribution in [-0.2, 0) is 4.74 Å². The fourth-order valence-corrected chi connectivity index (χ4v) is 2.74. The highest BCUT2D eigenvalue weighted by molar-refractivity contribution is 5.91. The van der Waals surface area contributed by atoms with Gasteiger partial charge in [0, 0.05) is 25.0 Å². The fraction of sp³-hybridized carbons (Fsp3) is 0.412. The molecular weight excluding hydrogens is 292 g/mol. The van der Waals surface area contributed by atoms with Gasteiger partial charge in [0.2, 0.25) is 0 Å². The van der Waals surface area contributed by atoms with Crippen molar-refractivity contribution in [3.8, 4) is 5.69 Å². The van der Waals surface area contributed by atoms with Gasteiger partial charge in [0.05, 0.1) is 24.6 Å². The second-order valence-electron chi connectivity index (χ2n) is 5.96. The molecule has 2 aromatic rings. The van der Waals surface area contributed by atoms with E-state index in [4.69, 9.17) is 4.74 Å². The Bertz CT molecular complexity index is 683. The van der Waals surface area contributed by atoms with Crippen molar-refractivity contribution in [2.45, 2.75) is 13.8 Å². The van der Waals surface area contributed by atoms with Gasteiger partial charge in [0.15, 0.2) is 0 Å². The van der Waals surface area contributed by atoms with Crippen molar-refractivity contribution in [2.75, 3.05) is 31.6 Å². The first-order chi connectivity index (χ1) is 11.1. The SMILES string of the molecule is Cc1ccnn1-c1ccccc1NC(=O)N1CCOCC(C)C1. The summed E-state index contributed by atoms with van der Waals surface area (Å²) in [5.74, 6) is 0.340. The predicted octanol–water partition coefficient (Wildman–Crippen LogP) is 2.68. The lowest BCUT2D eigenvalue weighted by Crippen LogP contribution is -2.38. The highest BCUT2D eigenvalue weighted by Gasteiger charge is 2.20. The molecule has 0 spiro atoms. The van der Waals surface area contributed by atoms with Crippen molar-refractivity contribution < 1.29 is 9.53 Å². The van der Waals surface area contributed by atoms with E-state index in [0.29, 0.717) is 32.2 Å². The lowest BCUT2D eigenvalue weighted by Gasteiger charge is -2.23. The Morgan fingerprint density at radius 3 is 2.96 bits per heavy atom. The van der Waals surface area contributed by atoms with Crippen LogP contribution in [0.25, 0.3) is 5.69 Å². The van der Waals surface area contributed by atoms with E-state index in [1.807, 2.05) is 46.8 Å². The molecule has 1 aliphatic heterocycles. The largest absolute Gasteiger partial charge is 0.379 e. The lowest BCUT2D eigenvalue weighted by atomic mass is 10.2. The minimum Gasteiger partial charge on any atom is -0.379 e. The van der Waals surface area contributed by atoms with E-state index in [1.54, 1.807) is 6.20 Å². The molecule has 23 heavy (non-hydrogen) atoms. The third kappa shape index (κ3) is 3.53. The van der Waals surface area contributed by atoms with Crippen LogP contribution in [0.5, 0.6) is 0 Å². The maximum Gasteiger partial charge on any atom is 0.321 e. The van der Waals surface area contributed by atoms with E-state index < -0.39 is 0 Å². The first-order valence-corrected chi connectivity index (χ1v) is 7.89. The summed E-state index contributed by atoms with van der Waals surface area (Å²) >= 11 is 0. The third-order valence-electron chi connectivity index (χ3n) is 3.93. The van der Waals surface area contributed by atoms with Gasteiger partial charge >= 0.3 is 6.03 Å². The van der Waals surface area contributed by atoms with Crippen LogP contribution in [0.15, 0.2) is 36.5 Å². The van der Waals surface area contributed by atoms with E-state index in [9.17, 15) is 4.79 Å². The highest BCUT2D eigenvalue weighted by Crippen LogP contribution is 2.21. The van der Waals surface area contributed by atoms with E-state index in [1.165, 1.54) is 0 Å². The molecule has 1 saturated heterocycles. The van der Waals surface area contributed by atoms with Crippen LogP contribution in [-0.4, -0.2) is 47.0 Å². The molecule has 0 bridgehead atoms. The number of amides is 2. The summed E-state index contributed by atoms with van der Waals surface area (Å²) < 4.78 is 7.32. The number of urea groups is 1. The highest BCUT2D eigenvalue weighted by atomic mass is 16.5. The van der Waals surface area contributed by atoms with Gasteiger partial charge in [0.1, 0.15) is 0 Å². The van der Waals surface area contributed by atoms with Gasteiger partial charge in [-0.3, -0.25) is 0 Å². The number of carbonyl (C=O) groups is 1. The van der Waals surface area contributed by atoms with Crippen LogP contribution < -0.4 is 5.32 Å². The summed E-state index contributed by atoms with van der Waals surface area (Å²) in [5.41, 5.74) is 2.63. The van der Waals surface area contributed by atoms with E-state index >= 15 is 0 Å². The number of aromatic nitrogens is 2. The van der Waals surface area contributed by atoms with Crippen molar-refractivity contribution in [3.05, 3.63) is 42.2 Å². The van der Waals surface area contributed by atoms with Gasteiger partial charge in [-0.1, -0.05) is 19.1 Å². The molecule has 0 radical (unpaired) electrons. The molecule has 1 aromatic heterocycles. The van der Waals surface area contributed by atoms with Crippen LogP contribution in [0.2, 0.25) is 0 Å². The summed E-state index contributed by atoms with van der Waals surface area (Å²) in [6.45, 7) is 6.67. The molecular formula is C17H22N4O2. The Kier molecular flexibility index (Phi) is 4.62. The van der Waals surface area contributed by atoms with Gasteiger partial charge in [0.25, 0.3) is 0 Å². The third-order valence-corrected chi connectivity index (χ3v) is 3.93. The number of hydrogen-bond acceptors (Lipinski definition) is 3. The standard InChI is InChI=1S/C17H22N4O2/c1-13-11-20(9-10-23-12-13)17(22)19-15-5-3-4-6-16(15)21-14(2)7-8-18-21/h3-8,13H,9-12H2,1-2H3,(H,19,22). The quantitative estimate of drug-likeness (QED) is 0.927. The number of nitrogens with zero attached hydrogens (tertiary/aromatic N) is 3. The van der Waals surface area contributed by atoms with Crippen LogP contribution in [0.3, 0.4) is 0 Å². The van der Waals surface area contributed by atoms with E-state index in [2.05, 4.69) is 17.3 Å². The number of hydrogen-bond donors (Lipinski definition) is 1. The van der Waals surface area contributed by atoms with Crippen LogP contribution >= 0.6 is 0 Å². The lowest BCUT2D eigenvalue weighted by molar-refractivity contribution is 0.127. The molecule has 6 heteroatoms. The molecule has 1 aliphatic rings. The summed E-state index contributed by atoms with van der Waals surface area (Å²) in [6, 6.07) is 9.53. The van der Waals surface area contributed by atoms with Gasteiger partial charge < -0.3 is 15.0 Å². The summed E-state index contributed by atoms with van der Waals surface area (Å²) in [4.78, 5) is 14.4. The molecule has 0 aliphatic carbocycles. The number of nitrogens with one attached hydrogen (secondary N) is 1. The topological polar surface area (TPSA) is 59.4 Å². The zero-order valence-electron chi connectivity index (χ0n) is 13.5. The Hall–Kier alpha value is -2.34. The van der Waals surface area contributed by atoms with E-state index in [-0.39, 0.29) is 6.03 Å². The molecule has 0 saturated carbocycles. The molecule has 1 aromatic carbocycles. The zero-order valence-corrected chi connectivity index (χ0v) is 13.5. The van der Waals surface area contributed by atoms with Crippen LogP contribution in [0.1, 0.15) is 12.6 Å². The van der Waals surface area contributed by atoms with Crippen molar-refractivity contribution >= 4 is 11.7 Å². The van der Waals surface area contributed by atoms with Crippen molar-refractivity contribution in [3.63, 3.8) is 0 Å². The fourth-order valence-electron chi connectivity index (χ4n) is 2.74. The van der Waals surface area contributed by atoms with Crippen molar-refractivity contribution in [2.24, 2.45) is 5.92 Å². The summed E-state index contributed by atoms with van der Waals surface area (Å²) in [7, 11) is 0.